The summed E-state index contributed by atoms with van der Waals surface area (Å²) in [5, 5.41) is 9.00. The van der Waals surface area contributed by atoms with Crippen LogP contribution in [0.15, 0.2) is 11.8 Å². The Morgan fingerprint density at radius 2 is 2.50 bits per heavy atom. The normalized spacial score (nSPS) is 22.1. The molecule has 0 aromatic carbocycles. The van der Waals surface area contributed by atoms with Gasteiger partial charge in [0, 0.05) is 0 Å². The molecule has 1 atom stereocenters. The van der Waals surface area contributed by atoms with Crippen LogP contribution in [0.2, 0.25) is 0 Å². The summed E-state index contributed by atoms with van der Waals surface area (Å²) in [6, 6.07) is 0. The number of carbonyl (C=O) groups is 1. The molecular weight excluding hydrogens is 160 g/mol. The fraction of sp³-hybridized carbons (Fsp3) is 0.625. The van der Waals surface area contributed by atoms with Gasteiger partial charge in [-0.2, -0.15) is 0 Å². The molecule has 0 amide bonds. The minimum Gasteiger partial charge on any atom is -0.502 e. The van der Waals surface area contributed by atoms with E-state index in [9.17, 15) is 4.79 Å². The zero-order chi connectivity index (χ0) is 8.97. The number of hydrogen-bond donors (Lipinski definition) is 1. The molecule has 0 bridgehead atoms. The second-order valence-corrected chi connectivity index (χ2v) is 2.55. The van der Waals surface area contributed by atoms with Gasteiger partial charge in [-0.1, -0.05) is 6.92 Å². The Hall–Kier alpha value is -1.03. The lowest BCUT2D eigenvalue weighted by Crippen LogP contribution is -2.11. The number of carbonyl (C=O) groups excluding carboxylic acids is 1. The van der Waals surface area contributed by atoms with Gasteiger partial charge in [0.05, 0.1) is 6.61 Å². The molecule has 0 spiro atoms. The summed E-state index contributed by atoms with van der Waals surface area (Å²) < 4.78 is 9.52. The number of rotatable bonds is 4. The Morgan fingerprint density at radius 1 is 1.83 bits per heavy atom. The smallest absolute Gasteiger partial charge is 0.373 e. The number of allylic oxidation sites excluding steroid dienone is 1. The molecule has 1 rings (SSSR count). The first kappa shape index (κ1) is 9.06. The Morgan fingerprint density at radius 3 is 3.00 bits per heavy atom. The van der Waals surface area contributed by atoms with Crippen molar-refractivity contribution in [3.8, 4) is 0 Å². The molecule has 1 fully saturated rings. The van der Waals surface area contributed by atoms with E-state index in [1.165, 1.54) is 6.08 Å². The van der Waals surface area contributed by atoms with Crippen molar-refractivity contribution < 1.29 is 19.4 Å². The lowest BCUT2D eigenvalue weighted by Gasteiger charge is -2.00. The molecule has 4 heteroatoms. The van der Waals surface area contributed by atoms with Gasteiger partial charge in [0.25, 0.3) is 0 Å². The van der Waals surface area contributed by atoms with E-state index < -0.39 is 5.97 Å². The van der Waals surface area contributed by atoms with Crippen LogP contribution in [0.25, 0.3) is 0 Å². The van der Waals surface area contributed by atoms with Gasteiger partial charge in [-0.25, -0.2) is 4.79 Å². The SMILES string of the molecule is CC/C=C(\O)C(=O)OCC1CO1. The summed E-state index contributed by atoms with van der Waals surface area (Å²) in [5.41, 5.74) is 0. The zero-order valence-corrected chi connectivity index (χ0v) is 6.95. The van der Waals surface area contributed by atoms with E-state index in [-0.39, 0.29) is 18.5 Å². The van der Waals surface area contributed by atoms with Crippen LogP contribution in [-0.4, -0.2) is 30.4 Å². The van der Waals surface area contributed by atoms with Gasteiger partial charge in [0.15, 0.2) is 5.76 Å². The number of ether oxygens (including phenoxy) is 2. The average molecular weight is 172 g/mol. The molecule has 1 N–H and O–H groups in total. The fourth-order valence-corrected chi connectivity index (χ4v) is 0.684. The Balaban J connectivity index is 2.21. The molecule has 0 radical (unpaired) electrons. The van der Waals surface area contributed by atoms with E-state index in [4.69, 9.17) is 14.6 Å². The fourth-order valence-electron chi connectivity index (χ4n) is 0.684. The second-order valence-electron chi connectivity index (χ2n) is 2.55. The minimum absolute atomic E-state index is 0.0448. The summed E-state index contributed by atoms with van der Waals surface area (Å²) >= 11 is 0. The molecule has 4 nitrogen and oxygen atoms in total. The van der Waals surface area contributed by atoms with Gasteiger partial charge in [-0.3, -0.25) is 0 Å². The molecule has 1 heterocycles. The van der Waals surface area contributed by atoms with Gasteiger partial charge in [-0.15, -0.1) is 0 Å². The Bertz CT molecular complexity index is 193. The van der Waals surface area contributed by atoms with E-state index in [1.807, 2.05) is 6.92 Å². The standard InChI is InChI=1S/C8H12O4/c1-2-3-7(9)8(10)12-5-6-4-11-6/h3,6,9H,2,4-5H2,1H3/b7-3-. The molecule has 68 valence electrons. The van der Waals surface area contributed by atoms with Crippen LogP contribution in [0, 0.1) is 0 Å². The van der Waals surface area contributed by atoms with Crippen LogP contribution < -0.4 is 0 Å². The van der Waals surface area contributed by atoms with Crippen molar-refractivity contribution in [3.05, 3.63) is 11.8 Å². The third-order valence-electron chi connectivity index (χ3n) is 1.41. The molecule has 0 aliphatic carbocycles. The summed E-state index contributed by atoms with van der Waals surface area (Å²) in [6.07, 6.45) is 2.07. The van der Waals surface area contributed by atoms with Gasteiger partial charge in [0.2, 0.25) is 0 Å². The number of aliphatic hydroxyl groups is 1. The minimum atomic E-state index is -0.674. The third kappa shape index (κ3) is 2.92. The summed E-state index contributed by atoms with van der Waals surface area (Å²) in [7, 11) is 0. The monoisotopic (exact) mass is 172 g/mol. The molecule has 1 unspecified atom stereocenters. The highest BCUT2D eigenvalue weighted by atomic mass is 16.6. The van der Waals surface area contributed by atoms with Gasteiger partial charge in [-0.05, 0) is 12.5 Å². The topological polar surface area (TPSA) is 59.1 Å². The highest BCUT2D eigenvalue weighted by Crippen LogP contribution is 2.09. The number of epoxide rings is 1. The van der Waals surface area contributed by atoms with E-state index in [0.717, 1.165) is 0 Å². The summed E-state index contributed by atoms with van der Waals surface area (Å²) in [4.78, 5) is 10.9. The highest BCUT2D eigenvalue weighted by Gasteiger charge is 2.24. The molecular formula is C8H12O4. The van der Waals surface area contributed by atoms with Crippen molar-refractivity contribution in [2.75, 3.05) is 13.2 Å². The van der Waals surface area contributed by atoms with E-state index >= 15 is 0 Å². The van der Waals surface area contributed by atoms with Gasteiger partial charge in [0.1, 0.15) is 12.7 Å². The zero-order valence-electron chi connectivity index (χ0n) is 6.95. The van der Waals surface area contributed by atoms with Gasteiger partial charge < -0.3 is 14.6 Å². The van der Waals surface area contributed by atoms with Crippen LogP contribution in [0.3, 0.4) is 0 Å². The van der Waals surface area contributed by atoms with Crippen molar-refractivity contribution in [2.45, 2.75) is 19.4 Å². The Kier molecular flexibility index (Phi) is 3.10. The van der Waals surface area contributed by atoms with Crippen LogP contribution in [0.5, 0.6) is 0 Å². The second kappa shape index (κ2) is 4.11. The largest absolute Gasteiger partial charge is 0.502 e. The Labute approximate surface area is 70.8 Å². The quantitative estimate of drug-likeness (QED) is 0.294. The number of aliphatic hydroxyl groups excluding tert-OH is 1. The molecule has 12 heavy (non-hydrogen) atoms. The molecule has 1 saturated heterocycles. The van der Waals surface area contributed by atoms with Crippen LogP contribution in [0.4, 0.5) is 0 Å². The maximum atomic E-state index is 10.9. The number of esters is 1. The maximum absolute atomic E-state index is 10.9. The van der Waals surface area contributed by atoms with Crippen molar-refractivity contribution >= 4 is 5.97 Å². The van der Waals surface area contributed by atoms with Crippen LogP contribution in [0.1, 0.15) is 13.3 Å². The van der Waals surface area contributed by atoms with Crippen molar-refractivity contribution in [1.82, 2.24) is 0 Å². The summed E-state index contributed by atoms with van der Waals surface area (Å²) in [6.45, 7) is 2.71. The van der Waals surface area contributed by atoms with E-state index in [1.54, 1.807) is 0 Å². The first-order valence-corrected chi connectivity index (χ1v) is 3.92. The molecule has 1 aliphatic rings. The van der Waals surface area contributed by atoms with Crippen LogP contribution in [-0.2, 0) is 14.3 Å². The molecule has 0 aromatic heterocycles. The first-order valence-electron chi connectivity index (χ1n) is 3.92. The van der Waals surface area contributed by atoms with Crippen molar-refractivity contribution in [2.24, 2.45) is 0 Å². The van der Waals surface area contributed by atoms with E-state index in [0.29, 0.717) is 13.0 Å². The number of hydrogen-bond acceptors (Lipinski definition) is 4. The highest BCUT2D eigenvalue weighted by molar-refractivity contribution is 5.85. The maximum Gasteiger partial charge on any atom is 0.373 e. The predicted molar refractivity (Wildman–Crippen MR) is 41.7 cm³/mol. The average Bonchev–Trinajstić information content (AvgIpc) is 2.83. The van der Waals surface area contributed by atoms with Crippen molar-refractivity contribution in [1.29, 1.82) is 0 Å². The predicted octanol–water partition coefficient (Wildman–Crippen LogP) is 0.780. The lowest BCUT2D eigenvalue weighted by molar-refractivity contribution is -0.142. The third-order valence-corrected chi connectivity index (χ3v) is 1.41. The molecule has 1 aliphatic heterocycles. The summed E-state index contributed by atoms with van der Waals surface area (Å²) in [5.74, 6) is -0.995. The lowest BCUT2D eigenvalue weighted by atomic mass is 10.4. The van der Waals surface area contributed by atoms with E-state index in [2.05, 4.69) is 0 Å². The first-order chi connectivity index (χ1) is 5.74. The van der Waals surface area contributed by atoms with Crippen molar-refractivity contribution in [3.63, 3.8) is 0 Å². The van der Waals surface area contributed by atoms with Crippen LogP contribution >= 0.6 is 0 Å². The van der Waals surface area contributed by atoms with Gasteiger partial charge >= 0.3 is 5.97 Å². The molecule has 0 saturated carbocycles. The molecule has 0 aromatic rings.